The van der Waals surface area contributed by atoms with Crippen molar-refractivity contribution in [3.63, 3.8) is 0 Å². The molecule has 0 atom stereocenters. The molecule has 3 rings (SSSR count). The Morgan fingerprint density at radius 3 is 2.26 bits per heavy atom. The maximum atomic E-state index is 13.5. The molecule has 0 spiro atoms. The highest BCUT2D eigenvalue weighted by molar-refractivity contribution is 7.92. The topological polar surface area (TPSA) is 75.7 Å². The lowest BCUT2D eigenvalue weighted by Crippen LogP contribution is -2.42. The van der Waals surface area contributed by atoms with Crippen molar-refractivity contribution >= 4 is 33.2 Å². The van der Waals surface area contributed by atoms with Gasteiger partial charge >= 0.3 is 0 Å². The predicted molar refractivity (Wildman–Crippen MR) is 136 cm³/mol. The van der Waals surface area contributed by atoms with E-state index in [2.05, 4.69) is 5.32 Å². The molecule has 8 heteroatoms. The number of nitrogens with zero attached hydrogens (tertiary/aromatic N) is 1. The van der Waals surface area contributed by atoms with Crippen LogP contribution in [0.2, 0.25) is 5.02 Å². The van der Waals surface area contributed by atoms with Crippen molar-refractivity contribution in [1.29, 1.82) is 0 Å². The van der Waals surface area contributed by atoms with Crippen LogP contribution in [-0.4, -0.2) is 34.0 Å². The van der Waals surface area contributed by atoms with Gasteiger partial charge in [0.25, 0.3) is 10.0 Å². The fourth-order valence-corrected chi connectivity index (χ4v) is 5.10. The molecule has 1 N–H and O–H groups in total. The Kier molecular flexibility index (Phi) is 8.23. The zero-order chi connectivity index (χ0) is 24.9. The molecular weight excluding hydrogens is 472 g/mol. The third-order valence-corrected chi connectivity index (χ3v) is 7.50. The number of nitrogens with one attached hydrogen (secondary N) is 1. The number of sulfonamides is 1. The van der Waals surface area contributed by atoms with E-state index >= 15 is 0 Å². The minimum absolute atomic E-state index is 0.110. The van der Waals surface area contributed by atoms with Gasteiger partial charge in [0.1, 0.15) is 18.9 Å². The van der Waals surface area contributed by atoms with Crippen LogP contribution in [0.15, 0.2) is 65.6 Å². The first-order valence-electron chi connectivity index (χ1n) is 10.9. The second kappa shape index (κ2) is 10.9. The van der Waals surface area contributed by atoms with E-state index < -0.39 is 15.9 Å². The molecule has 0 saturated heterocycles. The van der Waals surface area contributed by atoms with Gasteiger partial charge in [0.05, 0.1) is 17.1 Å². The zero-order valence-corrected chi connectivity index (χ0v) is 21.3. The molecule has 3 aromatic rings. The molecule has 0 aliphatic carbocycles. The molecule has 1 amide bonds. The van der Waals surface area contributed by atoms with E-state index in [1.165, 1.54) is 17.7 Å². The molecule has 6 nitrogen and oxygen atoms in total. The summed E-state index contributed by atoms with van der Waals surface area (Å²) >= 11 is 6.07. The summed E-state index contributed by atoms with van der Waals surface area (Å²) in [6.07, 6.45) is 0. The quantitative estimate of drug-likeness (QED) is 0.421. The molecule has 0 fully saturated rings. The van der Waals surface area contributed by atoms with Gasteiger partial charge in [-0.2, -0.15) is 0 Å². The molecule has 34 heavy (non-hydrogen) atoms. The molecule has 0 heterocycles. The zero-order valence-electron chi connectivity index (χ0n) is 19.8. The normalized spacial score (nSPS) is 11.2. The summed E-state index contributed by atoms with van der Waals surface area (Å²) in [6.45, 7) is 7.80. The molecule has 180 valence electrons. The third-order valence-electron chi connectivity index (χ3n) is 5.50. The number of hydrogen-bond acceptors (Lipinski definition) is 4. The van der Waals surface area contributed by atoms with Crippen LogP contribution in [0.25, 0.3) is 0 Å². The summed E-state index contributed by atoms with van der Waals surface area (Å²) < 4.78 is 33.8. The fraction of sp³-hybridized carbons (Fsp3) is 0.269. The molecular formula is C26H29ClN2O4S. The average molecular weight is 501 g/mol. The summed E-state index contributed by atoms with van der Waals surface area (Å²) in [6, 6.07) is 17.2. The van der Waals surface area contributed by atoms with Crippen molar-refractivity contribution in [2.45, 2.75) is 32.6 Å². The SMILES string of the molecule is Cc1ccc(S(=O)(=O)N(CC(=O)NCCOc2ccc(C)c(C)c2)c2ccc(Cl)cc2C)cc1. The van der Waals surface area contributed by atoms with Crippen LogP contribution in [0.5, 0.6) is 5.75 Å². The highest BCUT2D eigenvalue weighted by Gasteiger charge is 2.28. The Morgan fingerprint density at radius 2 is 1.62 bits per heavy atom. The van der Waals surface area contributed by atoms with Gasteiger partial charge in [0.15, 0.2) is 0 Å². The van der Waals surface area contributed by atoms with E-state index in [0.717, 1.165) is 21.2 Å². The number of ether oxygens (including phenoxy) is 1. The van der Waals surface area contributed by atoms with Crippen molar-refractivity contribution < 1.29 is 17.9 Å². The van der Waals surface area contributed by atoms with Gasteiger partial charge < -0.3 is 10.1 Å². The van der Waals surface area contributed by atoms with Crippen molar-refractivity contribution in [3.05, 3.63) is 87.9 Å². The molecule has 0 unspecified atom stereocenters. The van der Waals surface area contributed by atoms with Crippen molar-refractivity contribution in [2.75, 3.05) is 24.0 Å². The number of aryl methyl sites for hydroxylation is 4. The maximum absolute atomic E-state index is 13.5. The van der Waals surface area contributed by atoms with E-state index in [0.29, 0.717) is 16.3 Å². The van der Waals surface area contributed by atoms with Crippen LogP contribution in [0, 0.1) is 27.7 Å². The van der Waals surface area contributed by atoms with E-state index in [9.17, 15) is 13.2 Å². The van der Waals surface area contributed by atoms with E-state index in [1.54, 1.807) is 37.3 Å². The molecule has 0 bridgehead atoms. The first-order valence-corrected chi connectivity index (χ1v) is 12.7. The standard InChI is InChI=1S/C26H29ClN2O4S/c1-18-5-10-24(11-6-18)34(31,32)29(25-12-8-22(27)15-21(25)4)17-26(30)28-13-14-33-23-9-7-19(2)20(3)16-23/h5-12,15-16H,13-14,17H2,1-4H3,(H,28,30). The monoisotopic (exact) mass is 500 g/mol. The third kappa shape index (κ3) is 6.30. The van der Waals surface area contributed by atoms with E-state index in [4.69, 9.17) is 16.3 Å². The number of halogens is 1. The largest absolute Gasteiger partial charge is 0.492 e. The summed E-state index contributed by atoms with van der Waals surface area (Å²) in [7, 11) is -3.99. The molecule has 0 radical (unpaired) electrons. The van der Waals surface area contributed by atoms with Gasteiger partial charge in [-0.05, 0) is 86.8 Å². The molecule has 3 aromatic carbocycles. The number of hydrogen-bond donors (Lipinski definition) is 1. The summed E-state index contributed by atoms with van der Waals surface area (Å²) in [4.78, 5) is 12.9. The van der Waals surface area contributed by atoms with Gasteiger partial charge in [-0.25, -0.2) is 8.42 Å². The smallest absolute Gasteiger partial charge is 0.264 e. The number of rotatable bonds is 9. The predicted octanol–water partition coefficient (Wildman–Crippen LogP) is 4.96. The van der Waals surface area contributed by atoms with Gasteiger partial charge in [-0.1, -0.05) is 35.4 Å². The first-order chi connectivity index (χ1) is 16.1. The second-order valence-electron chi connectivity index (χ2n) is 8.20. The average Bonchev–Trinajstić information content (AvgIpc) is 2.78. The van der Waals surface area contributed by atoms with Crippen molar-refractivity contribution in [3.8, 4) is 5.75 Å². The van der Waals surface area contributed by atoms with Crippen LogP contribution in [-0.2, 0) is 14.8 Å². The lowest BCUT2D eigenvalue weighted by Gasteiger charge is -2.26. The van der Waals surface area contributed by atoms with Crippen LogP contribution in [0.1, 0.15) is 22.3 Å². The number of amides is 1. The van der Waals surface area contributed by atoms with Gasteiger partial charge in [-0.3, -0.25) is 9.10 Å². The van der Waals surface area contributed by atoms with Crippen LogP contribution < -0.4 is 14.4 Å². The summed E-state index contributed by atoms with van der Waals surface area (Å²) in [5, 5.41) is 3.23. The Labute approximate surface area is 206 Å². The Morgan fingerprint density at radius 1 is 0.912 bits per heavy atom. The fourth-order valence-electron chi connectivity index (χ4n) is 3.39. The number of carbonyl (C=O) groups is 1. The number of carbonyl (C=O) groups excluding carboxylic acids is 1. The van der Waals surface area contributed by atoms with Gasteiger partial charge in [0.2, 0.25) is 5.91 Å². The number of benzene rings is 3. The highest BCUT2D eigenvalue weighted by Crippen LogP contribution is 2.29. The van der Waals surface area contributed by atoms with Crippen molar-refractivity contribution in [1.82, 2.24) is 5.32 Å². The minimum atomic E-state index is -3.99. The Bertz CT molecular complexity index is 1270. The van der Waals surface area contributed by atoms with Gasteiger partial charge in [-0.15, -0.1) is 0 Å². The Hall–Kier alpha value is -3.03. The van der Waals surface area contributed by atoms with Gasteiger partial charge in [0, 0.05) is 5.02 Å². The molecule has 0 aromatic heterocycles. The summed E-state index contributed by atoms with van der Waals surface area (Å²) in [5.74, 6) is 0.284. The maximum Gasteiger partial charge on any atom is 0.264 e. The lowest BCUT2D eigenvalue weighted by atomic mass is 10.1. The lowest BCUT2D eigenvalue weighted by molar-refractivity contribution is -0.119. The van der Waals surface area contributed by atoms with E-state index in [1.807, 2.05) is 39.0 Å². The van der Waals surface area contributed by atoms with Crippen molar-refractivity contribution in [2.24, 2.45) is 0 Å². The molecule has 0 saturated carbocycles. The number of anilines is 1. The highest BCUT2D eigenvalue weighted by atomic mass is 35.5. The minimum Gasteiger partial charge on any atom is -0.492 e. The van der Waals surface area contributed by atoms with Crippen LogP contribution >= 0.6 is 11.6 Å². The van der Waals surface area contributed by atoms with Crippen LogP contribution in [0.4, 0.5) is 5.69 Å². The van der Waals surface area contributed by atoms with E-state index in [-0.39, 0.29) is 24.6 Å². The molecule has 0 aliphatic heterocycles. The Balaban J connectivity index is 1.73. The van der Waals surface area contributed by atoms with Crippen LogP contribution in [0.3, 0.4) is 0 Å². The molecule has 0 aliphatic rings. The first kappa shape index (κ1) is 25.6. The summed E-state index contributed by atoms with van der Waals surface area (Å²) in [5.41, 5.74) is 4.28. The second-order valence-corrected chi connectivity index (χ2v) is 10.5.